The van der Waals surface area contributed by atoms with E-state index in [9.17, 15) is 4.79 Å². The Hall–Kier alpha value is -2.15. The first-order chi connectivity index (χ1) is 9.26. The Morgan fingerprint density at radius 2 is 2.37 bits per heavy atom. The molecule has 1 atom stereocenters. The monoisotopic (exact) mass is 264 g/mol. The van der Waals surface area contributed by atoms with Gasteiger partial charge in [-0.2, -0.15) is 5.10 Å². The fourth-order valence-electron chi connectivity index (χ4n) is 1.92. The SMILES string of the molecule is COC(CCc1ccc2c(N)ncnn12)COC=O. The van der Waals surface area contributed by atoms with Crippen molar-refractivity contribution in [1.82, 2.24) is 14.6 Å². The van der Waals surface area contributed by atoms with Gasteiger partial charge in [0.1, 0.15) is 18.5 Å². The number of carbonyl (C=O) groups is 1. The predicted molar refractivity (Wildman–Crippen MR) is 68.5 cm³/mol. The largest absolute Gasteiger partial charge is 0.465 e. The minimum Gasteiger partial charge on any atom is -0.465 e. The number of rotatable bonds is 7. The molecule has 1 unspecified atom stereocenters. The maximum atomic E-state index is 10.2. The molecule has 2 heterocycles. The maximum Gasteiger partial charge on any atom is 0.293 e. The van der Waals surface area contributed by atoms with E-state index < -0.39 is 0 Å². The number of nitrogens with two attached hydrogens (primary N) is 1. The van der Waals surface area contributed by atoms with E-state index >= 15 is 0 Å². The quantitative estimate of drug-likeness (QED) is 0.729. The van der Waals surface area contributed by atoms with Gasteiger partial charge < -0.3 is 15.2 Å². The number of nitrogen functional groups attached to an aromatic ring is 1. The van der Waals surface area contributed by atoms with Gasteiger partial charge in [-0.3, -0.25) is 4.79 Å². The summed E-state index contributed by atoms with van der Waals surface area (Å²) >= 11 is 0. The van der Waals surface area contributed by atoms with Crippen LogP contribution in [0.5, 0.6) is 0 Å². The van der Waals surface area contributed by atoms with E-state index in [1.807, 2.05) is 12.1 Å². The van der Waals surface area contributed by atoms with Crippen LogP contribution in [-0.4, -0.2) is 40.9 Å². The van der Waals surface area contributed by atoms with E-state index in [0.29, 0.717) is 12.3 Å². The predicted octanol–water partition coefficient (Wildman–Crippen LogP) is 0.432. The number of aryl methyl sites for hydroxylation is 1. The van der Waals surface area contributed by atoms with Crippen LogP contribution < -0.4 is 5.73 Å². The molecule has 2 aromatic heterocycles. The number of methoxy groups -OCH3 is 1. The second-order valence-electron chi connectivity index (χ2n) is 4.09. The molecule has 0 bridgehead atoms. The van der Waals surface area contributed by atoms with Crippen LogP contribution in [0.4, 0.5) is 5.82 Å². The lowest BCUT2D eigenvalue weighted by Gasteiger charge is -2.13. The summed E-state index contributed by atoms with van der Waals surface area (Å²) in [5.41, 5.74) is 7.56. The van der Waals surface area contributed by atoms with Gasteiger partial charge in [-0.1, -0.05) is 0 Å². The highest BCUT2D eigenvalue weighted by molar-refractivity contribution is 5.65. The molecule has 0 fully saturated rings. The van der Waals surface area contributed by atoms with Crippen molar-refractivity contribution in [3.05, 3.63) is 24.2 Å². The van der Waals surface area contributed by atoms with Gasteiger partial charge in [0.25, 0.3) is 6.47 Å². The highest BCUT2D eigenvalue weighted by atomic mass is 16.5. The second kappa shape index (κ2) is 6.14. The van der Waals surface area contributed by atoms with Gasteiger partial charge in [0, 0.05) is 12.8 Å². The van der Waals surface area contributed by atoms with Gasteiger partial charge in [-0.15, -0.1) is 0 Å². The van der Waals surface area contributed by atoms with Crippen LogP contribution in [-0.2, 0) is 20.7 Å². The maximum absolute atomic E-state index is 10.2. The molecule has 2 rings (SSSR count). The summed E-state index contributed by atoms with van der Waals surface area (Å²) in [4.78, 5) is 14.1. The zero-order valence-corrected chi connectivity index (χ0v) is 10.7. The van der Waals surface area contributed by atoms with Crippen molar-refractivity contribution in [2.75, 3.05) is 19.5 Å². The summed E-state index contributed by atoms with van der Waals surface area (Å²) in [7, 11) is 1.59. The molecule has 19 heavy (non-hydrogen) atoms. The summed E-state index contributed by atoms with van der Waals surface area (Å²) in [6.45, 7) is 0.674. The first-order valence-corrected chi connectivity index (χ1v) is 5.91. The average Bonchev–Trinajstić information content (AvgIpc) is 2.84. The number of fused-ring (bicyclic) bond motifs is 1. The molecule has 2 N–H and O–H groups in total. The molecule has 0 amide bonds. The van der Waals surface area contributed by atoms with Gasteiger partial charge in [0.2, 0.25) is 0 Å². The molecule has 0 spiro atoms. The third-order valence-electron chi connectivity index (χ3n) is 2.97. The third-order valence-corrected chi connectivity index (χ3v) is 2.97. The van der Waals surface area contributed by atoms with Crippen LogP contribution >= 0.6 is 0 Å². The lowest BCUT2D eigenvalue weighted by atomic mass is 10.1. The summed E-state index contributed by atoms with van der Waals surface area (Å²) < 4.78 is 11.7. The van der Waals surface area contributed by atoms with E-state index in [0.717, 1.165) is 24.1 Å². The summed E-state index contributed by atoms with van der Waals surface area (Å²) in [5, 5.41) is 4.17. The van der Waals surface area contributed by atoms with E-state index in [1.54, 1.807) is 11.6 Å². The third kappa shape index (κ3) is 3.00. The Morgan fingerprint density at radius 3 is 3.11 bits per heavy atom. The number of carbonyl (C=O) groups excluding carboxylic acids is 1. The fraction of sp³-hybridized carbons (Fsp3) is 0.417. The molecule has 7 heteroatoms. The van der Waals surface area contributed by atoms with Gasteiger partial charge in [0.05, 0.1) is 6.10 Å². The van der Waals surface area contributed by atoms with Crippen molar-refractivity contribution in [1.29, 1.82) is 0 Å². The van der Waals surface area contributed by atoms with Crippen LogP contribution in [0, 0.1) is 0 Å². The van der Waals surface area contributed by atoms with Crippen molar-refractivity contribution in [2.24, 2.45) is 0 Å². The molecule has 0 saturated heterocycles. The Kier molecular flexibility index (Phi) is 4.30. The van der Waals surface area contributed by atoms with Crippen LogP contribution in [0.25, 0.3) is 5.52 Å². The Morgan fingerprint density at radius 1 is 1.53 bits per heavy atom. The van der Waals surface area contributed by atoms with E-state index in [-0.39, 0.29) is 12.7 Å². The molecular weight excluding hydrogens is 248 g/mol. The fourth-order valence-corrected chi connectivity index (χ4v) is 1.92. The van der Waals surface area contributed by atoms with Crippen molar-refractivity contribution in [3.8, 4) is 0 Å². The highest BCUT2D eigenvalue weighted by Crippen LogP contribution is 2.15. The van der Waals surface area contributed by atoms with Gasteiger partial charge in [-0.05, 0) is 25.0 Å². The molecule has 0 aromatic carbocycles. The number of hydrogen-bond acceptors (Lipinski definition) is 6. The van der Waals surface area contributed by atoms with E-state index in [4.69, 9.17) is 15.2 Å². The first kappa shape index (κ1) is 13.3. The number of hydrogen-bond donors (Lipinski definition) is 1. The second-order valence-corrected chi connectivity index (χ2v) is 4.09. The van der Waals surface area contributed by atoms with Crippen LogP contribution in [0.2, 0.25) is 0 Å². The topological polar surface area (TPSA) is 91.7 Å². The van der Waals surface area contributed by atoms with Crippen molar-refractivity contribution in [2.45, 2.75) is 18.9 Å². The molecular formula is C12H16N4O3. The van der Waals surface area contributed by atoms with Gasteiger partial charge >= 0.3 is 0 Å². The highest BCUT2D eigenvalue weighted by Gasteiger charge is 2.11. The van der Waals surface area contributed by atoms with Crippen LogP contribution in [0.3, 0.4) is 0 Å². The summed E-state index contributed by atoms with van der Waals surface area (Å²) in [6.07, 6.45) is 2.76. The van der Waals surface area contributed by atoms with Gasteiger partial charge in [-0.25, -0.2) is 9.50 Å². The van der Waals surface area contributed by atoms with Crippen molar-refractivity contribution < 1.29 is 14.3 Å². The molecule has 7 nitrogen and oxygen atoms in total. The lowest BCUT2D eigenvalue weighted by Crippen LogP contribution is -2.19. The van der Waals surface area contributed by atoms with Gasteiger partial charge in [0.15, 0.2) is 5.82 Å². The molecule has 0 radical (unpaired) electrons. The zero-order valence-electron chi connectivity index (χ0n) is 10.7. The molecule has 0 aliphatic rings. The lowest BCUT2D eigenvalue weighted by molar-refractivity contribution is -0.132. The molecule has 2 aromatic rings. The number of anilines is 1. The van der Waals surface area contributed by atoms with Crippen LogP contribution in [0.1, 0.15) is 12.1 Å². The summed E-state index contributed by atoms with van der Waals surface area (Å²) in [6, 6.07) is 3.84. The minimum atomic E-state index is -0.130. The average molecular weight is 264 g/mol. The van der Waals surface area contributed by atoms with Crippen molar-refractivity contribution in [3.63, 3.8) is 0 Å². The number of nitrogens with zero attached hydrogens (tertiary/aromatic N) is 3. The smallest absolute Gasteiger partial charge is 0.293 e. The van der Waals surface area contributed by atoms with E-state index in [2.05, 4.69) is 10.1 Å². The first-order valence-electron chi connectivity index (χ1n) is 5.91. The minimum absolute atomic E-state index is 0.130. The normalized spacial score (nSPS) is 12.5. The molecule has 0 aliphatic heterocycles. The Balaban J connectivity index is 2.05. The zero-order chi connectivity index (χ0) is 13.7. The molecule has 0 aliphatic carbocycles. The number of aromatic nitrogens is 3. The van der Waals surface area contributed by atoms with E-state index in [1.165, 1.54) is 6.33 Å². The summed E-state index contributed by atoms with van der Waals surface area (Å²) in [5.74, 6) is 0.453. The standard InChI is InChI=1S/C12H16N4O3/c1-18-10(6-19-8-17)4-2-9-3-5-11-12(13)14-7-15-16(9)11/h3,5,7-8,10H,2,4,6H2,1H3,(H2,13,14,15). The Labute approximate surface area is 110 Å². The number of ether oxygens (including phenoxy) is 2. The molecule has 0 saturated carbocycles. The molecule has 102 valence electrons. The van der Waals surface area contributed by atoms with Crippen molar-refractivity contribution >= 4 is 17.8 Å². The Bertz CT molecular complexity index is 555. The van der Waals surface area contributed by atoms with Crippen LogP contribution in [0.15, 0.2) is 18.5 Å².